The van der Waals surface area contributed by atoms with Crippen molar-refractivity contribution in [2.24, 2.45) is 5.92 Å². The number of benzene rings is 1. The highest BCUT2D eigenvalue weighted by molar-refractivity contribution is 6.33. The molecule has 2 nitrogen and oxygen atoms in total. The van der Waals surface area contributed by atoms with Gasteiger partial charge in [0.15, 0.2) is 0 Å². The quantitative estimate of drug-likeness (QED) is 0.818. The first-order valence-corrected chi connectivity index (χ1v) is 7.83. The van der Waals surface area contributed by atoms with Gasteiger partial charge in [0, 0.05) is 19.6 Å². The van der Waals surface area contributed by atoms with Crippen LogP contribution in [0.4, 0.5) is 5.69 Å². The van der Waals surface area contributed by atoms with Crippen molar-refractivity contribution in [1.82, 2.24) is 5.32 Å². The molecule has 0 spiro atoms. The van der Waals surface area contributed by atoms with Gasteiger partial charge in [0.1, 0.15) is 0 Å². The van der Waals surface area contributed by atoms with Gasteiger partial charge in [-0.1, -0.05) is 37.6 Å². The van der Waals surface area contributed by atoms with Gasteiger partial charge in [-0.15, -0.1) is 0 Å². The molecule has 1 aromatic rings. The second-order valence-electron chi connectivity index (χ2n) is 5.59. The number of nitrogens with one attached hydrogen (secondary N) is 1. The number of halogens is 1. The van der Waals surface area contributed by atoms with E-state index in [9.17, 15) is 0 Å². The number of hydrogen-bond donors (Lipinski definition) is 1. The smallest absolute Gasteiger partial charge is 0.0642 e. The molecular weight excluding hydrogens is 256 g/mol. The molecule has 19 heavy (non-hydrogen) atoms. The van der Waals surface area contributed by atoms with E-state index in [4.69, 9.17) is 11.6 Å². The number of anilines is 1. The van der Waals surface area contributed by atoms with E-state index in [0.717, 1.165) is 43.5 Å². The van der Waals surface area contributed by atoms with Crippen LogP contribution in [0, 0.1) is 5.92 Å². The summed E-state index contributed by atoms with van der Waals surface area (Å²) in [6, 6.07) is 6.27. The summed E-state index contributed by atoms with van der Waals surface area (Å²) in [5, 5.41) is 4.38. The van der Waals surface area contributed by atoms with Crippen molar-refractivity contribution >= 4 is 17.3 Å². The molecule has 106 valence electrons. The van der Waals surface area contributed by atoms with Crippen molar-refractivity contribution in [3.8, 4) is 0 Å². The predicted molar refractivity (Wildman–Crippen MR) is 84.1 cm³/mol. The van der Waals surface area contributed by atoms with Gasteiger partial charge < -0.3 is 10.2 Å². The highest BCUT2D eigenvalue weighted by Crippen LogP contribution is 2.32. The third-order valence-corrected chi connectivity index (χ3v) is 4.22. The molecule has 2 rings (SSSR count). The first kappa shape index (κ1) is 14.7. The first-order valence-electron chi connectivity index (χ1n) is 7.45. The van der Waals surface area contributed by atoms with E-state index in [1.807, 2.05) is 6.07 Å². The highest BCUT2D eigenvalue weighted by Gasteiger charge is 2.20. The average molecular weight is 281 g/mol. The van der Waals surface area contributed by atoms with Gasteiger partial charge in [0.2, 0.25) is 0 Å². The molecule has 1 aliphatic rings. The van der Waals surface area contributed by atoms with Crippen LogP contribution < -0.4 is 10.2 Å². The van der Waals surface area contributed by atoms with Crippen LogP contribution in [-0.4, -0.2) is 19.6 Å². The first-order chi connectivity index (χ1) is 9.22. The maximum atomic E-state index is 6.44. The molecule has 0 aliphatic carbocycles. The second-order valence-corrected chi connectivity index (χ2v) is 6.00. The van der Waals surface area contributed by atoms with Crippen molar-refractivity contribution in [2.75, 3.05) is 24.5 Å². The minimum Gasteiger partial charge on any atom is -0.370 e. The SMILES string of the molecule is CCCNCc1cccc(Cl)c1N1CCC(C)CC1. The van der Waals surface area contributed by atoms with Gasteiger partial charge in [-0.3, -0.25) is 0 Å². The molecule has 1 aliphatic heterocycles. The summed E-state index contributed by atoms with van der Waals surface area (Å²) in [4.78, 5) is 2.46. The zero-order valence-electron chi connectivity index (χ0n) is 12.1. The number of hydrogen-bond acceptors (Lipinski definition) is 2. The van der Waals surface area contributed by atoms with Gasteiger partial charge in [0.05, 0.1) is 10.7 Å². The molecule has 0 radical (unpaired) electrons. The summed E-state index contributed by atoms with van der Waals surface area (Å²) in [6.45, 7) is 8.77. The fourth-order valence-corrected chi connectivity index (χ4v) is 3.00. The van der Waals surface area contributed by atoms with Crippen LogP contribution in [0.5, 0.6) is 0 Å². The Balaban J connectivity index is 2.13. The molecule has 0 bridgehead atoms. The number of rotatable bonds is 5. The monoisotopic (exact) mass is 280 g/mol. The van der Waals surface area contributed by atoms with E-state index in [1.54, 1.807) is 0 Å². The lowest BCUT2D eigenvalue weighted by Crippen LogP contribution is -2.34. The zero-order valence-corrected chi connectivity index (χ0v) is 12.8. The maximum absolute atomic E-state index is 6.44. The Bertz CT molecular complexity index is 398. The van der Waals surface area contributed by atoms with Gasteiger partial charge in [-0.05, 0) is 43.4 Å². The Labute approximate surface area is 122 Å². The van der Waals surface area contributed by atoms with Gasteiger partial charge in [0.25, 0.3) is 0 Å². The van der Waals surface area contributed by atoms with E-state index >= 15 is 0 Å². The molecule has 1 N–H and O–H groups in total. The Morgan fingerprint density at radius 1 is 1.32 bits per heavy atom. The third-order valence-electron chi connectivity index (χ3n) is 3.91. The average Bonchev–Trinajstić information content (AvgIpc) is 2.41. The van der Waals surface area contributed by atoms with Crippen LogP contribution in [0.2, 0.25) is 5.02 Å². The molecule has 0 atom stereocenters. The van der Waals surface area contributed by atoms with Gasteiger partial charge >= 0.3 is 0 Å². The lowest BCUT2D eigenvalue weighted by molar-refractivity contribution is 0.437. The van der Waals surface area contributed by atoms with E-state index in [-0.39, 0.29) is 0 Å². The molecular formula is C16H25ClN2. The molecule has 0 aromatic heterocycles. The molecule has 1 heterocycles. The van der Waals surface area contributed by atoms with E-state index < -0.39 is 0 Å². The summed E-state index contributed by atoms with van der Waals surface area (Å²) in [5.74, 6) is 0.848. The fraction of sp³-hybridized carbons (Fsp3) is 0.625. The van der Waals surface area contributed by atoms with Gasteiger partial charge in [-0.25, -0.2) is 0 Å². The summed E-state index contributed by atoms with van der Waals surface area (Å²) in [5.41, 5.74) is 2.58. The van der Waals surface area contributed by atoms with Crippen LogP contribution in [0.3, 0.4) is 0 Å². The highest BCUT2D eigenvalue weighted by atomic mass is 35.5. The van der Waals surface area contributed by atoms with Crippen molar-refractivity contribution in [3.05, 3.63) is 28.8 Å². The Hall–Kier alpha value is -0.730. The van der Waals surface area contributed by atoms with Crippen LogP contribution in [0.25, 0.3) is 0 Å². The summed E-state index contributed by atoms with van der Waals surface area (Å²) in [6.07, 6.45) is 3.71. The summed E-state index contributed by atoms with van der Waals surface area (Å²) >= 11 is 6.44. The van der Waals surface area contributed by atoms with Crippen LogP contribution in [0.15, 0.2) is 18.2 Å². The molecule has 1 saturated heterocycles. The number of nitrogens with zero attached hydrogens (tertiary/aromatic N) is 1. The fourth-order valence-electron chi connectivity index (χ4n) is 2.69. The van der Waals surface area contributed by atoms with Gasteiger partial charge in [-0.2, -0.15) is 0 Å². The molecule has 1 fully saturated rings. The van der Waals surface area contributed by atoms with Crippen molar-refractivity contribution in [1.29, 1.82) is 0 Å². The molecule has 0 amide bonds. The standard InChI is InChI=1S/C16H25ClN2/c1-3-9-18-12-14-5-4-6-15(17)16(14)19-10-7-13(2)8-11-19/h4-6,13,18H,3,7-12H2,1-2H3. The molecule has 0 saturated carbocycles. The lowest BCUT2D eigenvalue weighted by Gasteiger charge is -2.34. The second kappa shape index (κ2) is 7.16. The van der Waals surface area contributed by atoms with E-state index in [0.29, 0.717) is 0 Å². The summed E-state index contributed by atoms with van der Waals surface area (Å²) in [7, 11) is 0. The molecule has 1 aromatic carbocycles. The number of piperidine rings is 1. The van der Waals surface area contributed by atoms with Crippen molar-refractivity contribution in [2.45, 2.75) is 39.7 Å². The Morgan fingerprint density at radius 3 is 2.74 bits per heavy atom. The van der Waals surface area contributed by atoms with E-state index in [2.05, 4.69) is 36.2 Å². The topological polar surface area (TPSA) is 15.3 Å². The predicted octanol–water partition coefficient (Wildman–Crippen LogP) is 4.08. The Kier molecular flexibility index (Phi) is 5.53. The normalized spacial score (nSPS) is 16.9. The van der Waals surface area contributed by atoms with E-state index in [1.165, 1.54) is 24.1 Å². The minimum atomic E-state index is 0.848. The van der Waals surface area contributed by atoms with Crippen LogP contribution in [-0.2, 0) is 6.54 Å². The van der Waals surface area contributed by atoms with Crippen LogP contribution in [0.1, 0.15) is 38.7 Å². The number of para-hydroxylation sites is 1. The Morgan fingerprint density at radius 2 is 2.05 bits per heavy atom. The third kappa shape index (κ3) is 3.87. The van der Waals surface area contributed by atoms with Crippen molar-refractivity contribution in [3.63, 3.8) is 0 Å². The lowest BCUT2D eigenvalue weighted by atomic mass is 9.98. The minimum absolute atomic E-state index is 0.848. The zero-order chi connectivity index (χ0) is 13.7. The largest absolute Gasteiger partial charge is 0.370 e. The molecule has 0 unspecified atom stereocenters. The summed E-state index contributed by atoms with van der Waals surface area (Å²) < 4.78 is 0. The maximum Gasteiger partial charge on any atom is 0.0642 e. The molecule has 3 heteroatoms. The van der Waals surface area contributed by atoms with Crippen LogP contribution >= 0.6 is 11.6 Å². The van der Waals surface area contributed by atoms with Crippen molar-refractivity contribution < 1.29 is 0 Å².